The largest absolute Gasteiger partial charge is 0.375 e. The first kappa shape index (κ1) is 18.6. The molecule has 0 saturated heterocycles. The number of aromatic nitrogens is 1. The van der Waals surface area contributed by atoms with E-state index in [2.05, 4.69) is 33.1 Å². The molecule has 2 nitrogen and oxygen atoms in total. The zero-order valence-electron chi connectivity index (χ0n) is 12.1. The van der Waals surface area contributed by atoms with Crippen molar-refractivity contribution in [1.82, 2.24) is 4.98 Å². The highest BCUT2D eigenvalue weighted by Gasteiger charge is 2.14. The van der Waals surface area contributed by atoms with Crippen LogP contribution in [0.1, 0.15) is 25.5 Å². The van der Waals surface area contributed by atoms with Crippen molar-refractivity contribution in [2.75, 3.05) is 11.5 Å². The maximum absolute atomic E-state index is 6.13. The van der Waals surface area contributed by atoms with E-state index < -0.39 is 0 Å². The van der Waals surface area contributed by atoms with Crippen LogP contribution < -0.4 is 5.73 Å². The van der Waals surface area contributed by atoms with Gasteiger partial charge in [0.2, 0.25) is 0 Å². The third-order valence-electron chi connectivity index (χ3n) is 3.46. The van der Waals surface area contributed by atoms with Gasteiger partial charge in [0.1, 0.15) is 0 Å². The first-order valence-corrected chi connectivity index (χ1v) is 12.1. The van der Waals surface area contributed by atoms with Gasteiger partial charge < -0.3 is 5.73 Å². The Labute approximate surface area is 161 Å². The second-order valence-electron chi connectivity index (χ2n) is 5.20. The molecule has 2 N–H and O–H groups in total. The molecule has 7 heteroatoms. The van der Waals surface area contributed by atoms with E-state index in [1.807, 2.05) is 27.1 Å². The molecule has 0 aliphatic carbocycles. The Bertz CT molecular complexity index is 634. The number of halogens is 3. The molecule has 2 rings (SSSR count). The smallest absolute Gasteiger partial charge is 0.180 e. The van der Waals surface area contributed by atoms with Gasteiger partial charge in [0.15, 0.2) is 5.13 Å². The molecule has 1 aromatic carbocycles. The molecule has 22 heavy (non-hydrogen) atoms. The van der Waals surface area contributed by atoms with Crippen molar-refractivity contribution in [2.24, 2.45) is 5.92 Å². The van der Waals surface area contributed by atoms with Gasteiger partial charge in [0, 0.05) is 5.75 Å². The van der Waals surface area contributed by atoms with E-state index in [4.69, 9.17) is 28.9 Å². The summed E-state index contributed by atoms with van der Waals surface area (Å²) in [6.45, 7) is 2.29. The standard InChI is InChI=1S/C15H17Cl2IN2S2/c1-9(6-7-21-18)2-5-13-14(22-15(19)20-13)10-3-4-11(16)12(17)8-10/h3-4,8-9H,2,5-7H2,1H3,(H2,19,20). The van der Waals surface area contributed by atoms with Gasteiger partial charge in [-0.2, -0.15) is 0 Å². The maximum atomic E-state index is 6.13. The number of nitrogens with two attached hydrogens (primary N) is 1. The van der Waals surface area contributed by atoms with E-state index in [9.17, 15) is 0 Å². The quantitative estimate of drug-likeness (QED) is 0.440. The van der Waals surface area contributed by atoms with Gasteiger partial charge in [-0.3, -0.25) is 0 Å². The first-order chi connectivity index (χ1) is 10.5. The average Bonchev–Trinajstić information content (AvgIpc) is 2.86. The Morgan fingerprint density at radius 3 is 2.77 bits per heavy atom. The third kappa shape index (κ3) is 5.16. The molecule has 0 aliphatic heterocycles. The van der Waals surface area contributed by atoms with E-state index in [1.165, 1.54) is 23.5 Å². The molecule has 1 aromatic heterocycles. The lowest BCUT2D eigenvalue weighted by Crippen LogP contribution is -2.00. The lowest BCUT2D eigenvalue weighted by Gasteiger charge is -2.10. The van der Waals surface area contributed by atoms with Gasteiger partial charge in [-0.1, -0.05) is 56.5 Å². The van der Waals surface area contributed by atoms with E-state index in [1.54, 1.807) is 0 Å². The Kier molecular flexibility index (Phi) is 7.60. The van der Waals surface area contributed by atoms with Crippen molar-refractivity contribution in [3.63, 3.8) is 0 Å². The second kappa shape index (κ2) is 8.97. The molecule has 0 fully saturated rings. The number of hydrogen-bond acceptors (Lipinski definition) is 4. The molecular weight excluding hydrogens is 470 g/mol. The predicted octanol–water partition coefficient (Wildman–Crippen LogP) is 6.74. The number of anilines is 1. The van der Waals surface area contributed by atoms with Crippen LogP contribution in [0.2, 0.25) is 10.0 Å². The number of nitrogens with zero attached hydrogens (tertiary/aromatic N) is 1. The maximum Gasteiger partial charge on any atom is 0.180 e. The topological polar surface area (TPSA) is 38.9 Å². The van der Waals surface area contributed by atoms with Crippen molar-refractivity contribution in [3.05, 3.63) is 33.9 Å². The number of benzene rings is 1. The van der Waals surface area contributed by atoms with Gasteiger partial charge in [-0.15, -0.1) is 0 Å². The van der Waals surface area contributed by atoms with Crippen molar-refractivity contribution >= 4 is 69.8 Å². The number of hydrogen-bond donors (Lipinski definition) is 1. The van der Waals surface area contributed by atoms with Crippen molar-refractivity contribution in [1.29, 1.82) is 0 Å². The highest BCUT2D eigenvalue weighted by Crippen LogP contribution is 2.36. The fraction of sp³-hybridized carbons (Fsp3) is 0.400. The summed E-state index contributed by atoms with van der Waals surface area (Å²) in [5, 5.41) is 1.73. The van der Waals surface area contributed by atoms with Crippen LogP contribution in [0.15, 0.2) is 18.2 Å². The Hall–Kier alpha value is 0.310. The zero-order valence-corrected chi connectivity index (χ0v) is 17.4. The molecule has 120 valence electrons. The highest BCUT2D eigenvalue weighted by atomic mass is 127. The molecule has 0 bridgehead atoms. The van der Waals surface area contributed by atoms with Crippen molar-refractivity contribution < 1.29 is 0 Å². The summed E-state index contributed by atoms with van der Waals surface area (Å²) in [5.41, 5.74) is 8.02. The Balaban J connectivity index is 2.14. The molecule has 0 aliphatic rings. The average molecular weight is 487 g/mol. The molecule has 0 spiro atoms. The van der Waals surface area contributed by atoms with Crippen molar-refractivity contribution in [2.45, 2.75) is 26.2 Å². The van der Waals surface area contributed by atoms with E-state index >= 15 is 0 Å². The summed E-state index contributed by atoms with van der Waals surface area (Å²) in [6.07, 6.45) is 3.29. The molecule has 1 atom stereocenters. The molecule has 0 saturated carbocycles. The van der Waals surface area contributed by atoms with Crippen LogP contribution >= 0.6 is 64.7 Å². The monoisotopic (exact) mass is 486 g/mol. The van der Waals surface area contributed by atoms with Crippen LogP contribution in [0.3, 0.4) is 0 Å². The van der Waals surface area contributed by atoms with E-state index in [-0.39, 0.29) is 0 Å². The van der Waals surface area contributed by atoms with Crippen molar-refractivity contribution in [3.8, 4) is 10.4 Å². The normalized spacial score (nSPS) is 12.5. The minimum Gasteiger partial charge on any atom is -0.375 e. The first-order valence-electron chi connectivity index (χ1n) is 6.95. The molecule has 2 aromatic rings. The molecular formula is C15H17Cl2IN2S2. The summed E-state index contributed by atoms with van der Waals surface area (Å²) in [7, 11) is 1.87. The zero-order chi connectivity index (χ0) is 16.1. The van der Waals surface area contributed by atoms with Gasteiger partial charge in [-0.05, 0) is 64.1 Å². The van der Waals surface area contributed by atoms with Gasteiger partial charge in [0.25, 0.3) is 0 Å². The highest BCUT2D eigenvalue weighted by molar-refractivity contribution is 14.2. The van der Waals surface area contributed by atoms with E-state index in [0.29, 0.717) is 21.1 Å². The number of rotatable bonds is 7. The van der Waals surface area contributed by atoms with Crippen LogP contribution in [0.4, 0.5) is 5.13 Å². The summed E-state index contributed by atoms with van der Waals surface area (Å²) < 4.78 is 0. The Morgan fingerprint density at radius 2 is 2.09 bits per heavy atom. The van der Waals surface area contributed by atoms with Crippen LogP contribution in [0.25, 0.3) is 10.4 Å². The second-order valence-corrected chi connectivity index (χ2v) is 9.54. The fourth-order valence-electron chi connectivity index (χ4n) is 2.18. The summed E-state index contributed by atoms with van der Waals surface area (Å²) in [5.74, 6) is 1.88. The number of aryl methyl sites for hydroxylation is 1. The van der Waals surface area contributed by atoms with Crippen LogP contribution in [0, 0.1) is 5.92 Å². The predicted molar refractivity (Wildman–Crippen MR) is 111 cm³/mol. The van der Waals surface area contributed by atoms with Crippen LogP contribution in [-0.4, -0.2) is 10.7 Å². The summed E-state index contributed by atoms with van der Waals surface area (Å²) in [6, 6.07) is 5.68. The number of thiazole rings is 1. The molecule has 0 amide bonds. The third-order valence-corrected chi connectivity index (χ3v) is 6.88. The van der Waals surface area contributed by atoms with Gasteiger partial charge in [0.05, 0.1) is 20.6 Å². The van der Waals surface area contributed by atoms with Gasteiger partial charge >= 0.3 is 0 Å². The fourth-order valence-corrected chi connectivity index (χ4v) is 4.60. The minimum atomic E-state index is 0.560. The van der Waals surface area contributed by atoms with E-state index in [0.717, 1.165) is 29.0 Å². The Morgan fingerprint density at radius 1 is 1.32 bits per heavy atom. The van der Waals surface area contributed by atoms with Gasteiger partial charge in [-0.25, -0.2) is 4.98 Å². The number of nitrogen functional groups attached to an aromatic ring is 1. The minimum absolute atomic E-state index is 0.560. The van der Waals surface area contributed by atoms with Crippen LogP contribution in [0.5, 0.6) is 0 Å². The molecule has 1 heterocycles. The molecule has 1 unspecified atom stereocenters. The lowest BCUT2D eigenvalue weighted by molar-refractivity contribution is 0.518. The SMILES string of the molecule is CC(CCSI)CCc1nc(N)sc1-c1ccc(Cl)c(Cl)c1. The molecule has 0 radical (unpaired) electrons. The summed E-state index contributed by atoms with van der Waals surface area (Å²) >= 11 is 16.0. The van der Waals surface area contributed by atoms with Crippen LogP contribution in [-0.2, 0) is 6.42 Å². The lowest BCUT2D eigenvalue weighted by atomic mass is 10.00. The summed E-state index contributed by atoms with van der Waals surface area (Å²) in [4.78, 5) is 5.61.